The Morgan fingerprint density at radius 3 is 2.65 bits per heavy atom. The summed E-state index contributed by atoms with van der Waals surface area (Å²) >= 11 is 1.44. The van der Waals surface area contributed by atoms with Crippen LogP contribution in [-0.2, 0) is 4.79 Å². The van der Waals surface area contributed by atoms with E-state index >= 15 is 0 Å². The number of hydrogen-bond donors (Lipinski definition) is 2. The van der Waals surface area contributed by atoms with Crippen molar-refractivity contribution in [3.63, 3.8) is 0 Å². The molecule has 1 aromatic heterocycles. The van der Waals surface area contributed by atoms with E-state index in [9.17, 15) is 9.59 Å². The van der Waals surface area contributed by atoms with Gasteiger partial charge in [-0.3, -0.25) is 9.59 Å². The average molecular weight is 252 g/mol. The lowest BCUT2D eigenvalue weighted by molar-refractivity contribution is -0.122. The van der Waals surface area contributed by atoms with E-state index in [0.717, 1.165) is 23.3 Å². The second kappa shape index (κ2) is 5.31. The molecule has 0 unspecified atom stereocenters. The second-order valence-corrected chi connectivity index (χ2v) is 5.17. The topological polar surface area (TPSA) is 58.2 Å². The summed E-state index contributed by atoms with van der Waals surface area (Å²) < 4.78 is 0. The van der Waals surface area contributed by atoms with Gasteiger partial charge in [-0.2, -0.15) is 0 Å². The highest BCUT2D eigenvalue weighted by Crippen LogP contribution is 2.28. The lowest BCUT2D eigenvalue weighted by Crippen LogP contribution is -2.35. The summed E-state index contributed by atoms with van der Waals surface area (Å²) in [7, 11) is 0. The van der Waals surface area contributed by atoms with Crippen LogP contribution in [0.25, 0.3) is 0 Å². The van der Waals surface area contributed by atoms with Crippen LogP contribution in [0.5, 0.6) is 0 Å². The van der Waals surface area contributed by atoms with Gasteiger partial charge >= 0.3 is 0 Å². The Bertz CT molecular complexity index is 424. The van der Waals surface area contributed by atoms with E-state index in [1.54, 1.807) is 0 Å². The number of rotatable bonds is 5. The third-order valence-electron chi connectivity index (χ3n) is 2.73. The van der Waals surface area contributed by atoms with Crippen LogP contribution in [0.15, 0.2) is 11.4 Å². The Balaban J connectivity index is 1.66. The van der Waals surface area contributed by atoms with Crippen molar-refractivity contribution in [1.82, 2.24) is 10.6 Å². The van der Waals surface area contributed by atoms with Gasteiger partial charge < -0.3 is 10.6 Å². The molecule has 5 heteroatoms. The van der Waals surface area contributed by atoms with Crippen molar-refractivity contribution in [1.29, 1.82) is 0 Å². The monoisotopic (exact) mass is 252 g/mol. The minimum atomic E-state index is -0.0572. The zero-order valence-electron chi connectivity index (χ0n) is 9.79. The van der Waals surface area contributed by atoms with Crippen molar-refractivity contribution in [3.8, 4) is 0 Å². The summed E-state index contributed by atoms with van der Waals surface area (Å²) in [6.45, 7) is 2.90. The fourth-order valence-electron chi connectivity index (χ4n) is 1.54. The van der Waals surface area contributed by atoms with Crippen LogP contribution >= 0.6 is 11.3 Å². The molecule has 1 heterocycles. The summed E-state index contributed by atoms with van der Waals surface area (Å²) in [5, 5.41) is 7.51. The molecule has 0 aromatic carbocycles. The van der Waals surface area contributed by atoms with Crippen LogP contribution in [-0.4, -0.2) is 24.9 Å². The molecule has 92 valence electrons. The molecule has 0 spiro atoms. The predicted molar refractivity (Wildman–Crippen MR) is 67.1 cm³/mol. The summed E-state index contributed by atoms with van der Waals surface area (Å²) in [6, 6.07) is 1.93. The molecule has 2 N–H and O–H groups in total. The van der Waals surface area contributed by atoms with Gasteiger partial charge in [0.05, 0.1) is 4.88 Å². The maximum atomic E-state index is 11.7. The largest absolute Gasteiger partial charge is 0.354 e. The Labute approximate surface area is 104 Å². The molecule has 0 aliphatic heterocycles. The molecule has 1 fully saturated rings. The molecule has 0 bridgehead atoms. The van der Waals surface area contributed by atoms with Gasteiger partial charge in [0, 0.05) is 19.0 Å². The number of carbonyl (C=O) groups excluding carboxylic acids is 2. The smallest absolute Gasteiger partial charge is 0.261 e. The fourth-order valence-corrected chi connectivity index (χ4v) is 2.38. The van der Waals surface area contributed by atoms with Crippen molar-refractivity contribution < 1.29 is 9.59 Å². The van der Waals surface area contributed by atoms with Crippen molar-refractivity contribution >= 4 is 23.2 Å². The molecular weight excluding hydrogens is 236 g/mol. The van der Waals surface area contributed by atoms with Gasteiger partial charge in [-0.1, -0.05) is 0 Å². The molecule has 17 heavy (non-hydrogen) atoms. The van der Waals surface area contributed by atoms with E-state index in [1.165, 1.54) is 11.3 Å². The standard InChI is InChI=1S/C12H16N2O2S/c1-8-4-7-17-10(8)12(16)14-6-5-13-11(15)9-2-3-9/h4,7,9H,2-3,5-6H2,1H3,(H,13,15)(H,14,16). The van der Waals surface area contributed by atoms with Crippen LogP contribution in [0.2, 0.25) is 0 Å². The molecule has 1 saturated carbocycles. The number of nitrogens with one attached hydrogen (secondary N) is 2. The third-order valence-corrected chi connectivity index (χ3v) is 3.74. The first-order chi connectivity index (χ1) is 8.18. The molecular formula is C12H16N2O2S. The highest BCUT2D eigenvalue weighted by atomic mass is 32.1. The Morgan fingerprint density at radius 2 is 2.06 bits per heavy atom. The SMILES string of the molecule is Cc1ccsc1C(=O)NCCNC(=O)C1CC1. The molecule has 0 atom stereocenters. The first-order valence-electron chi connectivity index (χ1n) is 5.78. The number of thiophene rings is 1. The van der Waals surface area contributed by atoms with Gasteiger partial charge in [0.1, 0.15) is 0 Å². The predicted octanol–water partition coefficient (Wildman–Crippen LogP) is 1.31. The maximum Gasteiger partial charge on any atom is 0.261 e. The molecule has 4 nitrogen and oxygen atoms in total. The molecule has 1 aromatic rings. The first-order valence-corrected chi connectivity index (χ1v) is 6.66. The number of carbonyl (C=O) groups is 2. The van der Waals surface area contributed by atoms with Crippen molar-refractivity contribution in [2.45, 2.75) is 19.8 Å². The van der Waals surface area contributed by atoms with E-state index in [1.807, 2.05) is 18.4 Å². The van der Waals surface area contributed by atoms with Crippen molar-refractivity contribution in [2.75, 3.05) is 13.1 Å². The molecule has 2 rings (SSSR count). The van der Waals surface area contributed by atoms with Crippen molar-refractivity contribution in [2.24, 2.45) is 5.92 Å². The molecule has 1 aliphatic carbocycles. The first kappa shape index (κ1) is 12.1. The normalized spacial score (nSPS) is 14.4. The minimum absolute atomic E-state index is 0.0572. The third kappa shape index (κ3) is 3.30. The van der Waals surface area contributed by atoms with Crippen LogP contribution < -0.4 is 10.6 Å². The Kier molecular flexibility index (Phi) is 3.78. The average Bonchev–Trinajstić information content (AvgIpc) is 3.07. The van der Waals surface area contributed by atoms with Gasteiger partial charge in [-0.05, 0) is 36.8 Å². The molecule has 2 amide bonds. The summed E-state index contributed by atoms with van der Waals surface area (Å²) in [6.07, 6.45) is 2.01. The zero-order valence-corrected chi connectivity index (χ0v) is 10.6. The number of amides is 2. The van der Waals surface area contributed by atoms with E-state index < -0.39 is 0 Å². The van der Waals surface area contributed by atoms with Gasteiger partial charge in [0.2, 0.25) is 5.91 Å². The van der Waals surface area contributed by atoms with E-state index in [-0.39, 0.29) is 17.7 Å². The summed E-state index contributed by atoms with van der Waals surface area (Å²) in [5.41, 5.74) is 0.995. The van der Waals surface area contributed by atoms with E-state index in [2.05, 4.69) is 10.6 Å². The maximum absolute atomic E-state index is 11.7. The second-order valence-electron chi connectivity index (χ2n) is 4.25. The van der Waals surface area contributed by atoms with Crippen LogP contribution in [0.1, 0.15) is 28.1 Å². The quantitative estimate of drug-likeness (QED) is 0.776. The van der Waals surface area contributed by atoms with E-state index in [4.69, 9.17) is 0 Å². The number of aryl methyl sites for hydroxylation is 1. The highest BCUT2D eigenvalue weighted by molar-refractivity contribution is 7.12. The summed E-state index contributed by atoms with van der Waals surface area (Å²) in [4.78, 5) is 23.8. The van der Waals surface area contributed by atoms with Gasteiger partial charge in [0.25, 0.3) is 5.91 Å². The van der Waals surface area contributed by atoms with Gasteiger partial charge in [-0.25, -0.2) is 0 Å². The van der Waals surface area contributed by atoms with Gasteiger partial charge in [-0.15, -0.1) is 11.3 Å². The van der Waals surface area contributed by atoms with Crippen LogP contribution in [0.3, 0.4) is 0 Å². The van der Waals surface area contributed by atoms with E-state index in [0.29, 0.717) is 13.1 Å². The molecule has 0 radical (unpaired) electrons. The van der Waals surface area contributed by atoms with Crippen LogP contribution in [0, 0.1) is 12.8 Å². The van der Waals surface area contributed by atoms with Crippen molar-refractivity contribution in [3.05, 3.63) is 21.9 Å². The van der Waals surface area contributed by atoms with Crippen LogP contribution in [0.4, 0.5) is 0 Å². The minimum Gasteiger partial charge on any atom is -0.354 e. The molecule has 1 aliphatic rings. The molecule has 0 saturated heterocycles. The number of hydrogen-bond acceptors (Lipinski definition) is 3. The lowest BCUT2D eigenvalue weighted by Gasteiger charge is -2.06. The lowest BCUT2D eigenvalue weighted by atomic mass is 10.3. The van der Waals surface area contributed by atoms with Gasteiger partial charge in [0.15, 0.2) is 0 Å². The Morgan fingerprint density at radius 1 is 1.35 bits per heavy atom. The zero-order chi connectivity index (χ0) is 12.3. The highest BCUT2D eigenvalue weighted by Gasteiger charge is 2.28. The Hall–Kier alpha value is -1.36. The summed E-state index contributed by atoms with van der Waals surface area (Å²) in [5.74, 6) is 0.287. The fraction of sp³-hybridized carbons (Fsp3) is 0.500.